The van der Waals surface area contributed by atoms with Crippen LogP contribution in [0.1, 0.15) is 28.5 Å². The minimum atomic E-state index is 0. The molecule has 419 valence electrons. The molecule has 2 N–H and O–H groups in total. The Hall–Kier alpha value is -8.49. The fourth-order valence-corrected chi connectivity index (χ4v) is 7.92. The van der Waals surface area contributed by atoms with E-state index in [0.717, 1.165) is 110 Å². The molecule has 0 fully saturated rings. The maximum absolute atomic E-state index is 7.00. The van der Waals surface area contributed by atoms with E-state index in [2.05, 4.69) is 116 Å². The number of hydrogen-bond donors (Lipinski definition) is 2. The molecule has 12 rings (SSSR count). The Balaban J connectivity index is 0.000000220. The Morgan fingerprint density at radius 2 is 0.518 bits per heavy atom. The molecule has 0 atom stereocenters. The number of aromatic nitrogens is 5. The van der Waals surface area contributed by atoms with Crippen molar-refractivity contribution in [2.45, 2.75) is 34.6 Å². The predicted octanol–water partition coefficient (Wildman–Crippen LogP) is 16.8. The monoisotopic (exact) mass is 1440 g/mol. The molecule has 5 heterocycles. The number of pyridine rings is 5. The van der Waals surface area contributed by atoms with Crippen LogP contribution in [0.4, 0.5) is 0 Å². The second kappa shape index (κ2) is 37.5. The number of aliphatic hydroxyl groups is 2. The van der Waals surface area contributed by atoms with Crippen molar-refractivity contribution in [2.75, 3.05) is 14.2 Å². The van der Waals surface area contributed by atoms with Crippen LogP contribution in [0.3, 0.4) is 0 Å². The SMILES string of the molecule is CO.CO.Cc1cccc(-c2[c-]cccc2)n1.Cc1cccc(-c2[c-]cccc2)n1.Cc1cccc(-c2[c-]cccc2)n1.Cc1cccc(-c2c[c-]c(-c3[c-]cccc3)cc2)n1.Cc1cccc(-c2ccc(-c3ccccc3)cc2)n1.[Ir+3].[Ir]. The molecular formula is C74H66Ir2N5O2-2. The molecule has 0 saturated carbocycles. The smallest absolute Gasteiger partial charge is 0.400 e. The third-order valence-corrected chi connectivity index (χ3v) is 11.8. The van der Waals surface area contributed by atoms with Gasteiger partial charge in [0.2, 0.25) is 0 Å². The van der Waals surface area contributed by atoms with E-state index in [4.69, 9.17) is 10.2 Å². The minimum Gasteiger partial charge on any atom is -0.400 e. The zero-order chi connectivity index (χ0) is 57.4. The molecule has 0 spiro atoms. The molecule has 83 heavy (non-hydrogen) atoms. The molecule has 0 saturated heterocycles. The van der Waals surface area contributed by atoms with Gasteiger partial charge in [-0.25, -0.2) is 11.1 Å². The van der Waals surface area contributed by atoms with Crippen LogP contribution in [0.25, 0.3) is 78.5 Å². The number of aryl methyl sites for hydroxylation is 5. The topological polar surface area (TPSA) is 105 Å². The fraction of sp³-hybridized carbons (Fsp3) is 0.0946. The molecule has 7 nitrogen and oxygen atoms in total. The van der Waals surface area contributed by atoms with Gasteiger partial charge in [-0.3, -0.25) is 9.97 Å². The zero-order valence-corrected chi connectivity index (χ0v) is 52.4. The fourth-order valence-electron chi connectivity index (χ4n) is 7.92. The van der Waals surface area contributed by atoms with Crippen molar-refractivity contribution in [3.05, 3.63) is 320 Å². The van der Waals surface area contributed by atoms with Gasteiger partial charge in [-0.05, 0) is 105 Å². The third-order valence-electron chi connectivity index (χ3n) is 11.8. The van der Waals surface area contributed by atoms with E-state index in [1.54, 1.807) is 0 Å². The summed E-state index contributed by atoms with van der Waals surface area (Å²) in [5.41, 5.74) is 20.1. The molecule has 7 aromatic carbocycles. The van der Waals surface area contributed by atoms with Crippen LogP contribution >= 0.6 is 0 Å². The maximum atomic E-state index is 7.00. The summed E-state index contributed by atoms with van der Waals surface area (Å²) in [6.07, 6.45) is 0. The summed E-state index contributed by atoms with van der Waals surface area (Å²) in [4.78, 5) is 22.3. The average molecular weight is 1440 g/mol. The Bertz CT molecular complexity index is 3350. The number of hydrogen-bond acceptors (Lipinski definition) is 7. The van der Waals surface area contributed by atoms with Crippen LogP contribution in [0.15, 0.2) is 261 Å². The summed E-state index contributed by atoms with van der Waals surface area (Å²) >= 11 is 0. The van der Waals surface area contributed by atoms with Crippen molar-refractivity contribution in [1.29, 1.82) is 0 Å². The van der Waals surface area contributed by atoms with E-state index in [9.17, 15) is 0 Å². The Labute approximate surface area is 518 Å². The van der Waals surface area contributed by atoms with Crippen LogP contribution in [0, 0.1) is 65.0 Å². The van der Waals surface area contributed by atoms with Crippen molar-refractivity contribution in [3.8, 4) is 78.5 Å². The molecule has 0 unspecified atom stereocenters. The summed E-state index contributed by atoms with van der Waals surface area (Å²) in [6, 6.07) is 103. The largest absolute Gasteiger partial charge is 3.00 e. The molecule has 0 aliphatic heterocycles. The number of aliphatic hydroxyl groups excluding tert-OH is 2. The summed E-state index contributed by atoms with van der Waals surface area (Å²) in [5, 5.41) is 14.0. The van der Waals surface area contributed by atoms with E-state index >= 15 is 0 Å². The second-order valence-electron chi connectivity index (χ2n) is 17.9. The maximum Gasteiger partial charge on any atom is 3.00 e. The van der Waals surface area contributed by atoms with Crippen LogP contribution in [-0.4, -0.2) is 49.4 Å². The van der Waals surface area contributed by atoms with E-state index in [0.29, 0.717) is 0 Å². The van der Waals surface area contributed by atoms with E-state index in [1.807, 2.05) is 235 Å². The number of rotatable bonds is 7. The second-order valence-corrected chi connectivity index (χ2v) is 17.9. The van der Waals surface area contributed by atoms with Gasteiger partial charge in [0.15, 0.2) is 0 Å². The Kier molecular flexibility index (Phi) is 30.3. The minimum absolute atomic E-state index is 0. The molecule has 12 aromatic rings. The van der Waals surface area contributed by atoms with Crippen molar-refractivity contribution in [1.82, 2.24) is 24.9 Å². The van der Waals surface area contributed by atoms with E-state index < -0.39 is 0 Å². The summed E-state index contributed by atoms with van der Waals surface area (Å²) in [7, 11) is 2.00. The summed E-state index contributed by atoms with van der Waals surface area (Å²) in [6.45, 7) is 9.99. The summed E-state index contributed by atoms with van der Waals surface area (Å²) in [5.74, 6) is 0. The molecular weight excluding hydrogens is 1380 g/mol. The molecule has 0 aliphatic carbocycles. The van der Waals surface area contributed by atoms with Gasteiger partial charge >= 0.3 is 20.1 Å². The van der Waals surface area contributed by atoms with Gasteiger partial charge < -0.3 is 25.2 Å². The Morgan fingerprint density at radius 3 is 0.843 bits per heavy atom. The van der Waals surface area contributed by atoms with Crippen molar-refractivity contribution in [3.63, 3.8) is 0 Å². The van der Waals surface area contributed by atoms with Crippen LogP contribution < -0.4 is 0 Å². The van der Waals surface area contributed by atoms with E-state index in [-0.39, 0.29) is 40.2 Å². The van der Waals surface area contributed by atoms with Gasteiger partial charge in [0, 0.05) is 74.1 Å². The standard InChI is InChI=1S/C18H15N.C18H13N.3C12H10N.2CH4O.2Ir/c2*1-14-6-5-9-18(19-14)17-12-10-16(11-13-17)15-7-3-2-4-8-15;3*1-10-6-5-9-12(13-10)11-7-3-2-4-8-11;2*1-2;;/h2-13H,1H3;2-7,9-10,12-13H,1H3;3*2-7,9H,1H3;2*2H,1H3;;/q;-2;3*-1;;;;+3. The summed E-state index contributed by atoms with van der Waals surface area (Å²) < 4.78 is 0. The van der Waals surface area contributed by atoms with Crippen molar-refractivity contribution < 1.29 is 50.4 Å². The first-order valence-electron chi connectivity index (χ1n) is 26.4. The first-order valence-corrected chi connectivity index (χ1v) is 26.4. The van der Waals surface area contributed by atoms with Gasteiger partial charge in [0.25, 0.3) is 0 Å². The van der Waals surface area contributed by atoms with Crippen LogP contribution in [0.2, 0.25) is 0 Å². The molecule has 1 radical (unpaired) electrons. The quantitative estimate of drug-likeness (QED) is 0.153. The van der Waals surface area contributed by atoms with Gasteiger partial charge in [-0.1, -0.05) is 109 Å². The number of nitrogens with zero attached hydrogens (tertiary/aromatic N) is 5. The zero-order valence-electron chi connectivity index (χ0n) is 47.6. The first-order chi connectivity index (χ1) is 39.7. The number of benzene rings is 7. The Morgan fingerprint density at radius 1 is 0.241 bits per heavy atom. The van der Waals surface area contributed by atoms with Gasteiger partial charge in [0.05, 0.1) is 5.69 Å². The molecule has 5 aromatic heterocycles. The van der Waals surface area contributed by atoms with E-state index in [1.165, 1.54) is 11.1 Å². The molecule has 0 amide bonds. The van der Waals surface area contributed by atoms with Crippen molar-refractivity contribution in [2.24, 2.45) is 0 Å². The van der Waals surface area contributed by atoms with Crippen LogP contribution in [0.5, 0.6) is 0 Å². The molecule has 9 heteroatoms. The van der Waals surface area contributed by atoms with Crippen molar-refractivity contribution >= 4 is 0 Å². The van der Waals surface area contributed by atoms with Gasteiger partial charge in [0.1, 0.15) is 0 Å². The first kappa shape index (κ1) is 67.0. The third kappa shape index (κ3) is 22.4. The average Bonchev–Trinajstić information content (AvgIpc) is 3.54. The predicted molar refractivity (Wildman–Crippen MR) is 333 cm³/mol. The molecule has 0 aliphatic rings. The normalized spacial score (nSPS) is 9.55. The van der Waals surface area contributed by atoms with Crippen LogP contribution in [-0.2, 0) is 40.2 Å². The molecule has 0 bridgehead atoms. The van der Waals surface area contributed by atoms with Gasteiger partial charge in [-0.2, -0.15) is 36.4 Å². The van der Waals surface area contributed by atoms with Gasteiger partial charge in [-0.15, -0.1) is 126 Å².